The SMILES string of the molecule is COc1cc(C)c(C2CC2NC(=O)NCCC(F)(F)F)cc1C(=O)Nc1cccc(-c2nncn2C(C)C)n1. The minimum absolute atomic E-state index is 0.0836. The van der Waals surface area contributed by atoms with E-state index in [0.29, 0.717) is 29.5 Å². The summed E-state index contributed by atoms with van der Waals surface area (Å²) in [4.78, 5) is 29.8. The largest absolute Gasteiger partial charge is 0.496 e. The van der Waals surface area contributed by atoms with Crippen molar-refractivity contribution in [1.82, 2.24) is 30.4 Å². The number of ether oxygens (including phenoxy) is 1. The molecule has 0 saturated heterocycles. The lowest BCUT2D eigenvalue weighted by atomic mass is 9.99. The van der Waals surface area contributed by atoms with Gasteiger partial charge < -0.3 is 25.3 Å². The van der Waals surface area contributed by atoms with Crippen LogP contribution in [0.3, 0.4) is 0 Å². The van der Waals surface area contributed by atoms with E-state index >= 15 is 0 Å². The van der Waals surface area contributed by atoms with E-state index in [0.717, 1.165) is 11.1 Å². The Hall–Kier alpha value is -4.16. The molecule has 39 heavy (non-hydrogen) atoms. The van der Waals surface area contributed by atoms with Crippen molar-refractivity contribution in [2.45, 2.75) is 57.8 Å². The second kappa shape index (κ2) is 11.3. The van der Waals surface area contributed by atoms with Crippen molar-refractivity contribution in [3.63, 3.8) is 0 Å². The van der Waals surface area contributed by atoms with Crippen LogP contribution in [-0.2, 0) is 0 Å². The van der Waals surface area contributed by atoms with E-state index in [9.17, 15) is 22.8 Å². The Balaban J connectivity index is 1.47. The fourth-order valence-electron chi connectivity index (χ4n) is 4.30. The second-order valence-electron chi connectivity index (χ2n) is 9.64. The van der Waals surface area contributed by atoms with E-state index in [1.807, 2.05) is 25.3 Å². The van der Waals surface area contributed by atoms with Crippen LogP contribution in [-0.4, -0.2) is 57.6 Å². The van der Waals surface area contributed by atoms with Crippen LogP contribution in [0.25, 0.3) is 11.5 Å². The maximum Gasteiger partial charge on any atom is 0.390 e. The Morgan fingerprint density at radius 3 is 2.69 bits per heavy atom. The number of rotatable bonds is 9. The average Bonchev–Trinajstić information content (AvgIpc) is 3.42. The van der Waals surface area contributed by atoms with E-state index < -0.39 is 31.1 Å². The van der Waals surface area contributed by atoms with E-state index in [-0.39, 0.29) is 23.6 Å². The predicted octanol–water partition coefficient (Wildman–Crippen LogP) is 4.60. The molecular formula is C26H30F3N7O3. The molecule has 2 aromatic heterocycles. The molecule has 3 amide bonds. The molecule has 1 aliphatic rings. The lowest BCUT2D eigenvalue weighted by Gasteiger charge is -2.15. The van der Waals surface area contributed by atoms with Crippen LogP contribution in [0.5, 0.6) is 5.75 Å². The highest BCUT2D eigenvalue weighted by molar-refractivity contribution is 6.06. The van der Waals surface area contributed by atoms with Crippen LogP contribution in [0.4, 0.5) is 23.8 Å². The molecule has 0 bridgehead atoms. The number of hydrogen-bond donors (Lipinski definition) is 3. The van der Waals surface area contributed by atoms with Crippen molar-refractivity contribution in [2.75, 3.05) is 19.0 Å². The summed E-state index contributed by atoms with van der Waals surface area (Å²) in [6, 6.07) is 7.88. The number of halogens is 3. The van der Waals surface area contributed by atoms with Gasteiger partial charge in [-0.25, -0.2) is 9.78 Å². The minimum Gasteiger partial charge on any atom is -0.496 e. The van der Waals surface area contributed by atoms with Gasteiger partial charge in [-0.15, -0.1) is 10.2 Å². The van der Waals surface area contributed by atoms with Crippen molar-refractivity contribution in [3.05, 3.63) is 53.3 Å². The fraction of sp³-hybridized carbons (Fsp3) is 0.423. The third-order valence-electron chi connectivity index (χ3n) is 6.38. The molecule has 2 atom stereocenters. The number of hydrogen-bond acceptors (Lipinski definition) is 6. The maximum absolute atomic E-state index is 13.3. The monoisotopic (exact) mass is 545 g/mol. The number of anilines is 1. The van der Waals surface area contributed by atoms with Gasteiger partial charge in [-0.05, 0) is 62.6 Å². The second-order valence-corrected chi connectivity index (χ2v) is 9.64. The molecule has 2 heterocycles. The number of amides is 3. The highest BCUT2D eigenvalue weighted by atomic mass is 19.4. The number of carbonyl (C=O) groups is 2. The van der Waals surface area contributed by atoms with E-state index in [1.54, 1.807) is 36.7 Å². The van der Waals surface area contributed by atoms with E-state index in [4.69, 9.17) is 4.74 Å². The van der Waals surface area contributed by atoms with Crippen LogP contribution in [0.2, 0.25) is 0 Å². The zero-order valence-electron chi connectivity index (χ0n) is 22.0. The van der Waals surface area contributed by atoms with Gasteiger partial charge in [0, 0.05) is 24.5 Å². The highest BCUT2D eigenvalue weighted by Gasteiger charge is 2.41. The Bertz CT molecular complexity index is 1360. The summed E-state index contributed by atoms with van der Waals surface area (Å²) in [6.07, 6.45) is -3.21. The normalized spacial score (nSPS) is 16.6. The van der Waals surface area contributed by atoms with Gasteiger partial charge in [-0.2, -0.15) is 13.2 Å². The Morgan fingerprint density at radius 1 is 1.23 bits per heavy atom. The zero-order chi connectivity index (χ0) is 28.3. The summed E-state index contributed by atoms with van der Waals surface area (Å²) in [7, 11) is 1.47. The Labute approximate surface area is 223 Å². The van der Waals surface area contributed by atoms with Gasteiger partial charge in [0.25, 0.3) is 5.91 Å². The van der Waals surface area contributed by atoms with Crippen molar-refractivity contribution >= 4 is 17.8 Å². The molecule has 1 aliphatic carbocycles. The molecule has 0 radical (unpaired) electrons. The summed E-state index contributed by atoms with van der Waals surface area (Å²) in [5.74, 6) is 0.754. The fourth-order valence-corrected chi connectivity index (χ4v) is 4.30. The van der Waals surface area contributed by atoms with Crippen LogP contribution >= 0.6 is 0 Å². The number of carbonyl (C=O) groups excluding carboxylic acids is 2. The quantitative estimate of drug-likeness (QED) is 0.361. The summed E-state index contributed by atoms with van der Waals surface area (Å²) in [5.41, 5.74) is 2.54. The third kappa shape index (κ3) is 6.84. The van der Waals surface area contributed by atoms with Gasteiger partial charge in [0.05, 0.1) is 19.1 Å². The molecule has 0 aliphatic heterocycles. The van der Waals surface area contributed by atoms with Crippen molar-refractivity contribution in [1.29, 1.82) is 0 Å². The number of nitrogens with zero attached hydrogens (tertiary/aromatic N) is 4. The molecular weight excluding hydrogens is 515 g/mol. The molecule has 3 aromatic rings. The van der Waals surface area contributed by atoms with Gasteiger partial charge in [0.2, 0.25) is 0 Å². The number of alkyl halides is 3. The topological polar surface area (TPSA) is 123 Å². The van der Waals surface area contributed by atoms with Crippen LogP contribution in [0.15, 0.2) is 36.7 Å². The van der Waals surface area contributed by atoms with Gasteiger partial charge >= 0.3 is 12.2 Å². The molecule has 4 rings (SSSR count). The molecule has 2 unspecified atom stereocenters. The summed E-state index contributed by atoms with van der Waals surface area (Å²) in [6.45, 7) is 5.37. The first-order chi connectivity index (χ1) is 18.5. The zero-order valence-corrected chi connectivity index (χ0v) is 22.0. The van der Waals surface area contributed by atoms with Gasteiger partial charge in [-0.1, -0.05) is 6.07 Å². The van der Waals surface area contributed by atoms with Crippen LogP contribution < -0.4 is 20.7 Å². The highest BCUT2D eigenvalue weighted by Crippen LogP contribution is 2.44. The maximum atomic E-state index is 13.3. The summed E-state index contributed by atoms with van der Waals surface area (Å²) in [5, 5.41) is 15.8. The molecule has 10 nitrogen and oxygen atoms in total. The van der Waals surface area contributed by atoms with Crippen molar-refractivity contribution < 1.29 is 27.5 Å². The predicted molar refractivity (Wildman–Crippen MR) is 138 cm³/mol. The third-order valence-corrected chi connectivity index (χ3v) is 6.38. The van der Waals surface area contributed by atoms with Crippen LogP contribution in [0, 0.1) is 6.92 Å². The number of aryl methyl sites for hydroxylation is 1. The lowest BCUT2D eigenvalue weighted by molar-refractivity contribution is -0.132. The average molecular weight is 546 g/mol. The number of aromatic nitrogens is 4. The van der Waals surface area contributed by atoms with Crippen molar-refractivity contribution in [2.24, 2.45) is 0 Å². The standard InChI is InChI=1S/C26H30F3N7O3/c1-14(2)36-13-31-35-23(36)19-6-5-7-22(32-19)34-24(37)18-11-16(15(3)10-21(18)39-4)17-12-20(17)33-25(38)30-9-8-26(27,28)29/h5-7,10-11,13-14,17,20H,8-9,12H2,1-4H3,(H2,30,33,38)(H,32,34,37). The summed E-state index contributed by atoms with van der Waals surface area (Å²) < 4.78 is 44.3. The molecule has 1 aromatic carbocycles. The number of methoxy groups -OCH3 is 1. The first kappa shape index (κ1) is 27.9. The smallest absolute Gasteiger partial charge is 0.390 e. The minimum atomic E-state index is -4.34. The summed E-state index contributed by atoms with van der Waals surface area (Å²) >= 11 is 0. The number of pyridine rings is 1. The Kier molecular flexibility index (Phi) is 8.07. The van der Waals surface area contributed by atoms with Gasteiger partial charge in [-0.3, -0.25) is 4.79 Å². The molecule has 13 heteroatoms. The molecule has 1 fully saturated rings. The van der Waals surface area contributed by atoms with Crippen molar-refractivity contribution in [3.8, 4) is 17.3 Å². The van der Waals surface area contributed by atoms with Crippen LogP contribution in [0.1, 0.15) is 60.1 Å². The number of nitrogens with one attached hydrogen (secondary N) is 3. The molecule has 0 spiro atoms. The number of urea groups is 1. The van der Waals surface area contributed by atoms with E-state index in [2.05, 4.69) is 31.1 Å². The van der Waals surface area contributed by atoms with E-state index in [1.165, 1.54) is 7.11 Å². The molecule has 208 valence electrons. The molecule has 3 N–H and O–H groups in total. The van der Waals surface area contributed by atoms with Gasteiger partial charge in [0.15, 0.2) is 5.82 Å². The molecule has 1 saturated carbocycles. The lowest BCUT2D eigenvalue weighted by Crippen LogP contribution is -2.38. The van der Waals surface area contributed by atoms with Gasteiger partial charge in [0.1, 0.15) is 23.6 Å². The first-order valence-electron chi connectivity index (χ1n) is 12.4. The first-order valence-corrected chi connectivity index (χ1v) is 12.4. The number of benzene rings is 1. The Morgan fingerprint density at radius 2 is 2.00 bits per heavy atom.